The summed E-state index contributed by atoms with van der Waals surface area (Å²) in [4.78, 5) is 14.9. The van der Waals surface area contributed by atoms with Crippen LogP contribution in [0.3, 0.4) is 0 Å². The van der Waals surface area contributed by atoms with Gasteiger partial charge in [0, 0.05) is 34.9 Å². The first-order chi connectivity index (χ1) is 8.56. The fourth-order valence-corrected chi connectivity index (χ4v) is 2.09. The third kappa shape index (κ3) is 3.05. The van der Waals surface area contributed by atoms with E-state index in [1.807, 2.05) is 0 Å². The van der Waals surface area contributed by atoms with Crippen molar-refractivity contribution in [3.63, 3.8) is 0 Å². The van der Waals surface area contributed by atoms with E-state index in [-0.39, 0.29) is 10.7 Å². The van der Waals surface area contributed by atoms with E-state index in [9.17, 15) is 9.00 Å². The van der Waals surface area contributed by atoms with E-state index in [1.54, 1.807) is 24.5 Å². The van der Waals surface area contributed by atoms with Crippen molar-refractivity contribution < 1.29 is 13.4 Å². The van der Waals surface area contributed by atoms with Gasteiger partial charge in [-0.2, -0.15) is 0 Å². The summed E-state index contributed by atoms with van der Waals surface area (Å²) < 4.78 is 16.1. The highest BCUT2D eigenvalue weighted by atomic mass is 32.2. The number of fused-ring (bicyclic) bond motifs is 1. The molecule has 0 fully saturated rings. The predicted octanol–water partition coefficient (Wildman–Crippen LogP) is 1.60. The van der Waals surface area contributed by atoms with E-state index >= 15 is 0 Å². The minimum absolute atomic E-state index is 0.218. The molecule has 1 aromatic heterocycles. The van der Waals surface area contributed by atoms with Crippen molar-refractivity contribution in [1.82, 2.24) is 10.3 Å². The fourth-order valence-electron chi connectivity index (χ4n) is 1.50. The molecule has 0 aliphatic rings. The number of carbonyl (C=O) groups is 1. The van der Waals surface area contributed by atoms with Gasteiger partial charge in [-0.25, -0.2) is 0 Å². The van der Waals surface area contributed by atoms with E-state index in [0.717, 1.165) is 5.52 Å². The molecular formula is C11H12N2O3S2. The molecule has 18 heavy (non-hydrogen) atoms. The van der Waals surface area contributed by atoms with Gasteiger partial charge in [0.25, 0.3) is 10.7 Å². The van der Waals surface area contributed by atoms with Crippen LogP contribution in [0.5, 0.6) is 0 Å². The maximum atomic E-state index is 11.8. The van der Waals surface area contributed by atoms with Crippen LogP contribution in [0.15, 0.2) is 22.6 Å². The van der Waals surface area contributed by atoms with E-state index in [4.69, 9.17) is 16.6 Å². The first-order valence-corrected chi connectivity index (χ1v) is 7.41. The zero-order chi connectivity index (χ0) is 13.1. The van der Waals surface area contributed by atoms with Crippen molar-refractivity contribution in [3.05, 3.63) is 28.6 Å². The smallest absolute Gasteiger partial charge is 0.266 e. The molecule has 0 aliphatic heterocycles. The molecular weight excluding hydrogens is 272 g/mol. The van der Waals surface area contributed by atoms with Gasteiger partial charge in [0.1, 0.15) is 0 Å². The number of rotatable bonds is 4. The lowest BCUT2D eigenvalue weighted by Crippen LogP contribution is -2.27. The summed E-state index contributed by atoms with van der Waals surface area (Å²) in [7, 11) is -0.909. The van der Waals surface area contributed by atoms with E-state index in [0.29, 0.717) is 23.4 Å². The van der Waals surface area contributed by atoms with Crippen LogP contribution in [0.1, 0.15) is 10.4 Å². The molecule has 0 spiro atoms. The molecule has 1 atom stereocenters. The van der Waals surface area contributed by atoms with Crippen LogP contribution in [0.4, 0.5) is 0 Å². The Balaban J connectivity index is 2.12. The molecule has 1 amide bonds. The molecule has 0 aliphatic carbocycles. The standard InChI is InChI=1S/C11H12N2O3S2/c1-18(15)5-4-12-10(14)7-2-3-8-9(6-7)16-11(17)13-8/h2-3,6H,4-5H2,1H3,(H,12,14)(H,13,17). The lowest BCUT2D eigenvalue weighted by molar-refractivity contribution is 0.0956. The number of benzene rings is 1. The monoisotopic (exact) mass is 284 g/mol. The summed E-state index contributed by atoms with van der Waals surface area (Å²) in [5.41, 5.74) is 1.79. The molecule has 0 saturated carbocycles. The van der Waals surface area contributed by atoms with Crippen molar-refractivity contribution in [2.75, 3.05) is 18.6 Å². The van der Waals surface area contributed by atoms with Crippen molar-refractivity contribution in [2.45, 2.75) is 0 Å². The Morgan fingerprint density at radius 2 is 2.33 bits per heavy atom. The minimum atomic E-state index is -0.909. The molecule has 0 saturated heterocycles. The van der Waals surface area contributed by atoms with Crippen LogP contribution in [0, 0.1) is 4.84 Å². The van der Waals surface area contributed by atoms with Gasteiger partial charge in [-0.3, -0.25) is 9.00 Å². The van der Waals surface area contributed by atoms with Crippen LogP contribution in [0.25, 0.3) is 11.1 Å². The lowest BCUT2D eigenvalue weighted by atomic mass is 10.2. The Morgan fingerprint density at radius 3 is 3.06 bits per heavy atom. The quantitative estimate of drug-likeness (QED) is 0.836. The molecule has 96 valence electrons. The second kappa shape index (κ2) is 5.45. The first-order valence-electron chi connectivity index (χ1n) is 5.27. The maximum Gasteiger partial charge on any atom is 0.266 e. The summed E-state index contributed by atoms with van der Waals surface area (Å²) in [6, 6.07) is 5.04. The number of aromatic nitrogens is 1. The van der Waals surface area contributed by atoms with Gasteiger partial charge < -0.3 is 14.7 Å². The van der Waals surface area contributed by atoms with Crippen molar-refractivity contribution in [3.8, 4) is 0 Å². The second-order valence-corrected chi connectivity index (χ2v) is 5.68. The van der Waals surface area contributed by atoms with Gasteiger partial charge in [-0.15, -0.1) is 0 Å². The minimum Gasteiger partial charge on any atom is -0.429 e. The van der Waals surface area contributed by atoms with Gasteiger partial charge in [0.05, 0.1) is 5.52 Å². The molecule has 2 rings (SSSR count). The molecule has 0 radical (unpaired) electrons. The normalized spacial score (nSPS) is 12.5. The number of carbonyl (C=O) groups excluding carboxylic acids is 1. The average molecular weight is 284 g/mol. The molecule has 2 aromatic rings. The predicted molar refractivity (Wildman–Crippen MR) is 72.7 cm³/mol. The summed E-state index contributed by atoms with van der Waals surface area (Å²) in [6.07, 6.45) is 1.60. The van der Waals surface area contributed by atoms with Crippen molar-refractivity contribution >= 4 is 40.0 Å². The maximum absolute atomic E-state index is 11.8. The SMILES string of the molecule is CS(=O)CCNC(=O)c1ccc2[nH]c(=S)oc2c1. The summed E-state index contributed by atoms with van der Waals surface area (Å²) in [6.45, 7) is 0.385. The van der Waals surface area contributed by atoms with Crippen LogP contribution in [-0.4, -0.2) is 33.7 Å². The van der Waals surface area contributed by atoms with Crippen LogP contribution in [-0.2, 0) is 10.8 Å². The third-order valence-electron chi connectivity index (χ3n) is 2.36. The largest absolute Gasteiger partial charge is 0.429 e. The van der Waals surface area contributed by atoms with E-state index in [1.165, 1.54) is 0 Å². The number of hydrogen-bond donors (Lipinski definition) is 2. The topological polar surface area (TPSA) is 75.1 Å². The van der Waals surface area contributed by atoms with Gasteiger partial charge in [0.2, 0.25) is 0 Å². The Hall–Kier alpha value is -1.47. The number of H-pyrrole nitrogens is 1. The lowest BCUT2D eigenvalue weighted by Gasteiger charge is -2.03. The molecule has 5 nitrogen and oxygen atoms in total. The van der Waals surface area contributed by atoms with Gasteiger partial charge in [-0.1, -0.05) is 0 Å². The van der Waals surface area contributed by atoms with E-state index in [2.05, 4.69) is 10.3 Å². The van der Waals surface area contributed by atoms with Gasteiger partial charge in [-0.05, 0) is 30.4 Å². The molecule has 0 bridgehead atoms. The second-order valence-electron chi connectivity index (χ2n) is 3.76. The Kier molecular flexibility index (Phi) is 3.93. The summed E-state index contributed by atoms with van der Waals surface area (Å²) >= 11 is 4.86. The van der Waals surface area contributed by atoms with Crippen molar-refractivity contribution in [1.29, 1.82) is 0 Å². The highest BCUT2D eigenvalue weighted by Gasteiger charge is 2.08. The average Bonchev–Trinajstić information content (AvgIpc) is 2.67. The fraction of sp³-hybridized carbons (Fsp3) is 0.273. The Labute approximate surface area is 111 Å². The molecule has 2 N–H and O–H groups in total. The zero-order valence-corrected chi connectivity index (χ0v) is 11.3. The zero-order valence-electron chi connectivity index (χ0n) is 9.69. The number of hydrogen-bond acceptors (Lipinski definition) is 4. The van der Waals surface area contributed by atoms with Crippen LogP contribution in [0.2, 0.25) is 0 Å². The molecule has 7 heteroatoms. The van der Waals surface area contributed by atoms with Crippen LogP contribution < -0.4 is 5.32 Å². The van der Waals surface area contributed by atoms with Gasteiger partial charge in [0.15, 0.2) is 5.58 Å². The highest BCUT2D eigenvalue weighted by Crippen LogP contribution is 2.15. The number of nitrogens with one attached hydrogen (secondary N) is 2. The summed E-state index contributed by atoms with van der Waals surface area (Å²) in [5.74, 6) is 0.225. The van der Waals surface area contributed by atoms with Gasteiger partial charge >= 0.3 is 0 Å². The molecule has 1 unspecified atom stereocenters. The highest BCUT2D eigenvalue weighted by molar-refractivity contribution is 7.84. The van der Waals surface area contributed by atoms with Crippen LogP contribution >= 0.6 is 12.2 Å². The number of oxazole rings is 1. The number of amides is 1. The van der Waals surface area contributed by atoms with Crippen molar-refractivity contribution in [2.24, 2.45) is 0 Å². The Morgan fingerprint density at radius 1 is 1.56 bits per heavy atom. The molecule has 1 aromatic carbocycles. The third-order valence-corrected chi connectivity index (χ3v) is 3.32. The van der Waals surface area contributed by atoms with E-state index < -0.39 is 10.8 Å². The number of aromatic amines is 1. The summed E-state index contributed by atoms with van der Waals surface area (Å²) in [5, 5.41) is 2.69. The first kappa shape index (κ1) is 13.0. The Bertz CT molecular complexity index is 660. The molecule has 1 heterocycles.